The number of benzene rings is 2. The van der Waals surface area contributed by atoms with Crippen molar-refractivity contribution in [2.24, 2.45) is 0 Å². The number of amides is 1. The first kappa shape index (κ1) is 22.5. The van der Waals surface area contributed by atoms with E-state index in [2.05, 4.69) is 5.32 Å². The Morgan fingerprint density at radius 2 is 1.53 bits per heavy atom. The minimum atomic E-state index is -3.64. The minimum absolute atomic E-state index is 0.000723. The summed E-state index contributed by atoms with van der Waals surface area (Å²) in [6.45, 7) is 0. The van der Waals surface area contributed by atoms with Crippen LogP contribution in [0.4, 0.5) is 5.69 Å². The summed E-state index contributed by atoms with van der Waals surface area (Å²) in [7, 11) is -5.55. The van der Waals surface area contributed by atoms with Crippen molar-refractivity contribution in [3.05, 3.63) is 54.1 Å². The van der Waals surface area contributed by atoms with Crippen molar-refractivity contribution in [1.82, 2.24) is 4.31 Å². The fourth-order valence-corrected chi connectivity index (χ4v) is 5.93. The highest BCUT2D eigenvalue weighted by molar-refractivity contribution is 7.91. The molecule has 3 rings (SSSR count). The van der Waals surface area contributed by atoms with Crippen LogP contribution in [0.3, 0.4) is 0 Å². The summed E-state index contributed by atoms with van der Waals surface area (Å²) in [6, 6.07) is 11.8. The van der Waals surface area contributed by atoms with Gasteiger partial charge < -0.3 is 5.32 Å². The summed E-state index contributed by atoms with van der Waals surface area (Å²) >= 11 is 0. The molecule has 2 aromatic rings. The van der Waals surface area contributed by atoms with Crippen LogP contribution in [0.1, 0.15) is 42.5 Å². The van der Waals surface area contributed by atoms with E-state index < -0.39 is 25.8 Å². The van der Waals surface area contributed by atoms with Crippen LogP contribution >= 0.6 is 0 Å². The van der Waals surface area contributed by atoms with E-state index in [1.165, 1.54) is 40.7 Å². The van der Waals surface area contributed by atoms with Gasteiger partial charge in [-0.15, -0.1) is 0 Å². The normalized spacial score (nSPS) is 15.8. The van der Waals surface area contributed by atoms with E-state index in [9.17, 15) is 21.6 Å². The number of hydrogen-bond donors (Lipinski definition) is 1. The SMILES string of the molecule is CN(C1CCCCC1)S(=O)(=O)c1ccc(C(=O)Nc2ccccc2S(C)(=O)=O)cc1. The number of nitrogens with one attached hydrogen (secondary N) is 1. The van der Waals surface area contributed by atoms with Gasteiger partial charge in [-0.05, 0) is 49.2 Å². The third-order valence-corrected chi connectivity index (χ3v) is 8.50. The van der Waals surface area contributed by atoms with Crippen molar-refractivity contribution in [2.45, 2.75) is 47.9 Å². The molecule has 1 N–H and O–H groups in total. The molecular formula is C21H26N2O5S2. The Hall–Kier alpha value is -2.23. The molecule has 30 heavy (non-hydrogen) atoms. The number of rotatable bonds is 6. The van der Waals surface area contributed by atoms with Gasteiger partial charge in [0.05, 0.1) is 15.5 Å². The lowest BCUT2D eigenvalue weighted by atomic mass is 9.96. The Labute approximate surface area is 178 Å². The van der Waals surface area contributed by atoms with Crippen LogP contribution in [-0.2, 0) is 19.9 Å². The van der Waals surface area contributed by atoms with E-state index in [4.69, 9.17) is 0 Å². The van der Waals surface area contributed by atoms with Crippen molar-refractivity contribution in [3.63, 3.8) is 0 Å². The molecule has 1 amide bonds. The molecule has 0 spiro atoms. The Kier molecular flexibility index (Phi) is 6.64. The smallest absolute Gasteiger partial charge is 0.255 e. The first-order valence-corrected chi connectivity index (χ1v) is 13.1. The lowest BCUT2D eigenvalue weighted by Crippen LogP contribution is -2.38. The van der Waals surface area contributed by atoms with Crippen molar-refractivity contribution in [2.75, 3.05) is 18.6 Å². The lowest BCUT2D eigenvalue weighted by molar-refractivity contribution is 0.102. The zero-order valence-corrected chi connectivity index (χ0v) is 18.7. The maximum Gasteiger partial charge on any atom is 0.255 e. The van der Waals surface area contributed by atoms with Crippen molar-refractivity contribution < 1.29 is 21.6 Å². The molecule has 0 unspecified atom stereocenters. The highest BCUT2D eigenvalue weighted by atomic mass is 32.2. The molecule has 2 aromatic carbocycles. The third-order valence-electron chi connectivity index (χ3n) is 5.42. The van der Waals surface area contributed by atoms with Crippen LogP contribution in [0.2, 0.25) is 0 Å². The monoisotopic (exact) mass is 450 g/mol. The second kappa shape index (κ2) is 8.87. The number of anilines is 1. The highest BCUT2D eigenvalue weighted by Crippen LogP contribution is 2.27. The second-order valence-corrected chi connectivity index (χ2v) is 11.5. The quantitative estimate of drug-likeness (QED) is 0.728. The molecule has 0 atom stereocenters. The van der Waals surface area contributed by atoms with Crippen LogP contribution in [-0.4, -0.2) is 46.4 Å². The van der Waals surface area contributed by atoms with Gasteiger partial charge in [0.1, 0.15) is 0 Å². The van der Waals surface area contributed by atoms with Gasteiger partial charge >= 0.3 is 0 Å². The molecule has 0 saturated heterocycles. The molecular weight excluding hydrogens is 424 g/mol. The summed E-state index contributed by atoms with van der Waals surface area (Å²) in [4.78, 5) is 12.7. The number of para-hydroxylation sites is 1. The topological polar surface area (TPSA) is 101 Å². The van der Waals surface area contributed by atoms with Crippen LogP contribution in [0.5, 0.6) is 0 Å². The first-order chi connectivity index (χ1) is 14.1. The van der Waals surface area contributed by atoms with Gasteiger partial charge in [-0.25, -0.2) is 16.8 Å². The fraction of sp³-hybridized carbons (Fsp3) is 0.381. The predicted molar refractivity (Wildman–Crippen MR) is 116 cm³/mol. The number of hydrogen-bond acceptors (Lipinski definition) is 5. The van der Waals surface area contributed by atoms with Gasteiger partial charge in [-0.1, -0.05) is 31.4 Å². The number of sulfonamides is 1. The number of nitrogens with zero attached hydrogens (tertiary/aromatic N) is 1. The van der Waals surface area contributed by atoms with E-state index in [0.29, 0.717) is 0 Å². The third kappa shape index (κ3) is 4.91. The van der Waals surface area contributed by atoms with Crippen molar-refractivity contribution in [1.29, 1.82) is 0 Å². The molecule has 1 aliphatic rings. The predicted octanol–water partition coefficient (Wildman–Crippen LogP) is 3.30. The van der Waals surface area contributed by atoms with E-state index in [-0.39, 0.29) is 27.1 Å². The Bertz CT molecular complexity index is 1120. The van der Waals surface area contributed by atoms with Gasteiger partial charge in [0.2, 0.25) is 10.0 Å². The molecule has 1 saturated carbocycles. The van der Waals surface area contributed by atoms with E-state index in [0.717, 1.165) is 38.4 Å². The summed E-state index contributed by atoms with van der Waals surface area (Å²) in [6.07, 6.45) is 5.97. The van der Waals surface area contributed by atoms with E-state index >= 15 is 0 Å². The van der Waals surface area contributed by atoms with Crippen molar-refractivity contribution >= 4 is 31.5 Å². The van der Waals surface area contributed by atoms with Gasteiger partial charge in [0, 0.05) is 24.9 Å². The molecule has 0 bridgehead atoms. The summed E-state index contributed by atoms with van der Waals surface area (Å²) in [5, 5.41) is 2.59. The summed E-state index contributed by atoms with van der Waals surface area (Å²) in [5.41, 5.74) is 0.413. The molecule has 0 aliphatic heterocycles. The summed E-state index contributed by atoms with van der Waals surface area (Å²) in [5.74, 6) is -0.518. The van der Waals surface area contributed by atoms with Crippen LogP contribution in [0.15, 0.2) is 58.3 Å². The number of carbonyl (C=O) groups is 1. The Balaban J connectivity index is 1.78. The molecule has 162 valence electrons. The lowest BCUT2D eigenvalue weighted by Gasteiger charge is -2.30. The average Bonchev–Trinajstić information content (AvgIpc) is 2.73. The van der Waals surface area contributed by atoms with Crippen molar-refractivity contribution in [3.8, 4) is 0 Å². The average molecular weight is 451 g/mol. The fourth-order valence-electron chi connectivity index (χ4n) is 3.67. The van der Waals surface area contributed by atoms with Gasteiger partial charge in [-0.3, -0.25) is 4.79 Å². The maximum atomic E-state index is 12.9. The first-order valence-electron chi connectivity index (χ1n) is 9.79. The minimum Gasteiger partial charge on any atom is -0.321 e. The van der Waals surface area contributed by atoms with Crippen LogP contribution < -0.4 is 5.32 Å². The Morgan fingerprint density at radius 3 is 2.13 bits per heavy atom. The molecule has 0 heterocycles. The molecule has 1 fully saturated rings. The van der Waals surface area contributed by atoms with Gasteiger partial charge in [-0.2, -0.15) is 4.31 Å². The molecule has 1 aliphatic carbocycles. The maximum absolute atomic E-state index is 12.9. The van der Waals surface area contributed by atoms with Gasteiger partial charge in [0.15, 0.2) is 9.84 Å². The second-order valence-electron chi connectivity index (χ2n) is 7.56. The standard InChI is InChI=1S/C21H26N2O5S2/c1-23(17-8-4-3-5-9-17)30(27,28)18-14-12-16(13-15-18)21(24)22-19-10-6-7-11-20(19)29(2,25)26/h6-7,10-15,17H,3-5,8-9H2,1-2H3,(H,22,24). The molecule has 0 aromatic heterocycles. The van der Waals surface area contributed by atoms with Gasteiger partial charge in [0.25, 0.3) is 5.91 Å². The highest BCUT2D eigenvalue weighted by Gasteiger charge is 2.29. The molecule has 0 radical (unpaired) electrons. The van der Waals surface area contributed by atoms with E-state index in [1.54, 1.807) is 19.2 Å². The number of sulfone groups is 1. The molecule has 7 nitrogen and oxygen atoms in total. The van der Waals surface area contributed by atoms with E-state index in [1.807, 2.05) is 0 Å². The van der Waals surface area contributed by atoms with Crippen LogP contribution in [0.25, 0.3) is 0 Å². The zero-order chi connectivity index (χ0) is 21.9. The summed E-state index contributed by atoms with van der Waals surface area (Å²) < 4.78 is 51.1. The van der Waals surface area contributed by atoms with Crippen LogP contribution in [0, 0.1) is 0 Å². The molecule has 9 heteroatoms. The zero-order valence-electron chi connectivity index (χ0n) is 17.0. The Morgan fingerprint density at radius 1 is 0.933 bits per heavy atom. The number of carbonyl (C=O) groups excluding carboxylic acids is 1. The largest absolute Gasteiger partial charge is 0.321 e.